The Bertz CT molecular complexity index is 1540. The zero-order valence-electron chi connectivity index (χ0n) is 21.1. The highest BCUT2D eigenvalue weighted by molar-refractivity contribution is 7.89. The maximum atomic E-state index is 13.7. The number of aromatic amines is 1. The van der Waals surface area contributed by atoms with Gasteiger partial charge in [-0.15, -0.1) is 5.48 Å². The van der Waals surface area contributed by atoms with E-state index >= 15 is 0 Å². The number of hydrogen-bond donors (Lipinski definition) is 4. The van der Waals surface area contributed by atoms with E-state index in [0.717, 1.165) is 5.69 Å². The summed E-state index contributed by atoms with van der Waals surface area (Å²) >= 11 is 11.1. The highest BCUT2D eigenvalue weighted by Crippen LogP contribution is 2.28. The lowest BCUT2D eigenvalue weighted by Gasteiger charge is -2.40. The van der Waals surface area contributed by atoms with E-state index in [0.29, 0.717) is 47.5 Å². The van der Waals surface area contributed by atoms with Crippen molar-refractivity contribution in [3.05, 3.63) is 46.6 Å². The van der Waals surface area contributed by atoms with E-state index in [1.807, 2.05) is 0 Å². The maximum Gasteiger partial charge on any atom is 0.310 e. The van der Waals surface area contributed by atoms with Crippen LogP contribution in [0.2, 0.25) is 5.02 Å². The van der Waals surface area contributed by atoms with Crippen molar-refractivity contribution in [1.82, 2.24) is 35.3 Å². The molecule has 1 amide bonds. The van der Waals surface area contributed by atoms with Gasteiger partial charge in [0.2, 0.25) is 0 Å². The minimum atomic E-state index is -3.87. The number of amides is 1. The minimum Gasteiger partial charge on any atom is -0.436 e. The Labute approximate surface area is 235 Å². The topological polar surface area (TPSA) is 145 Å². The Hall–Kier alpha value is -2.75. The van der Waals surface area contributed by atoms with Crippen molar-refractivity contribution in [2.24, 2.45) is 0 Å². The molecule has 6 rings (SSSR count). The molecule has 1 aromatic carbocycles. The van der Waals surface area contributed by atoms with E-state index in [2.05, 4.69) is 33.0 Å². The molecule has 0 spiro atoms. The molecule has 2 saturated heterocycles. The Kier molecular flexibility index (Phi) is 7.02. The molecule has 0 radical (unpaired) electrons. The molecule has 3 aliphatic rings. The number of carbonyl (C=O) groups excluding carboxylic acids is 1. The minimum absolute atomic E-state index is 0.0336. The summed E-state index contributed by atoms with van der Waals surface area (Å²) in [6.45, 7) is 3.00. The fourth-order valence-electron chi connectivity index (χ4n) is 5.25. The van der Waals surface area contributed by atoms with Gasteiger partial charge in [-0.1, -0.05) is 11.6 Å². The fraction of sp³-hybridized carbons (Fsp3) is 0.458. The molecule has 5 heterocycles. The van der Waals surface area contributed by atoms with Gasteiger partial charge in [-0.05, 0) is 56.2 Å². The second-order valence-electron chi connectivity index (χ2n) is 10.0. The van der Waals surface area contributed by atoms with Gasteiger partial charge in [-0.2, -0.15) is 4.31 Å². The standard InChI is InChI=1S/C24H28ClN7O5S2/c1-13-8-18-19(11-26-13)36-22(28-18)23(33)32-7-6-31(12-16(32)3-5-20-29-24(38)37-30-20)39(34,35)21-10-14-9-15(25)2-4-17(14)27-21/h2,4,9-10,13,16,20,26-27,30H,3,5-8,11-12H2,1H3,(H,29,38). The van der Waals surface area contributed by atoms with Crippen LogP contribution in [0.1, 0.15) is 41.9 Å². The number of hydroxylamine groups is 1. The van der Waals surface area contributed by atoms with Gasteiger partial charge in [0, 0.05) is 54.1 Å². The Balaban J connectivity index is 1.24. The molecule has 15 heteroatoms. The number of piperazine rings is 1. The number of nitrogens with zero attached hydrogens (tertiary/aromatic N) is 3. The molecule has 12 nitrogen and oxygen atoms in total. The van der Waals surface area contributed by atoms with Crippen LogP contribution in [0, 0.1) is 0 Å². The average molecular weight is 594 g/mol. The second-order valence-corrected chi connectivity index (χ2v) is 12.8. The SMILES string of the molecule is CC1Cc2nc(C(=O)N3CCN(S(=O)(=O)c4cc5cc(Cl)ccc5[nH]4)CC3CCC3NOC(=S)N3)oc2CN1. The van der Waals surface area contributed by atoms with Crippen LogP contribution >= 0.6 is 23.8 Å². The number of sulfonamides is 1. The summed E-state index contributed by atoms with van der Waals surface area (Å²) in [7, 11) is -3.87. The molecule has 208 valence electrons. The number of benzene rings is 1. The first-order chi connectivity index (χ1) is 18.7. The van der Waals surface area contributed by atoms with Crippen LogP contribution in [0.15, 0.2) is 33.7 Å². The van der Waals surface area contributed by atoms with E-state index in [1.54, 1.807) is 29.2 Å². The average Bonchev–Trinajstić information content (AvgIpc) is 3.64. The predicted octanol–water partition coefficient (Wildman–Crippen LogP) is 1.87. The third-order valence-electron chi connectivity index (χ3n) is 7.33. The van der Waals surface area contributed by atoms with Crippen LogP contribution in [0.3, 0.4) is 0 Å². The molecule has 4 N–H and O–H groups in total. The third-order valence-corrected chi connectivity index (χ3v) is 9.55. The highest BCUT2D eigenvalue weighted by atomic mass is 35.5. The molecule has 3 aliphatic heterocycles. The van der Waals surface area contributed by atoms with Gasteiger partial charge in [-0.25, -0.2) is 13.4 Å². The first kappa shape index (κ1) is 26.5. The monoisotopic (exact) mass is 593 g/mol. The normalized spacial score (nSPS) is 24.0. The number of aromatic nitrogens is 2. The Morgan fingerprint density at radius 3 is 2.90 bits per heavy atom. The summed E-state index contributed by atoms with van der Waals surface area (Å²) in [4.78, 5) is 27.9. The van der Waals surface area contributed by atoms with E-state index in [9.17, 15) is 13.2 Å². The van der Waals surface area contributed by atoms with Crippen molar-refractivity contribution in [1.29, 1.82) is 0 Å². The summed E-state index contributed by atoms with van der Waals surface area (Å²) < 4.78 is 34.6. The molecule has 2 aromatic heterocycles. The van der Waals surface area contributed by atoms with Crippen molar-refractivity contribution in [3.8, 4) is 0 Å². The van der Waals surface area contributed by atoms with Crippen LogP contribution in [0.25, 0.3) is 10.9 Å². The first-order valence-electron chi connectivity index (χ1n) is 12.7. The number of thiocarbonyl (C=S) groups is 1. The molecular weight excluding hydrogens is 566 g/mol. The van der Waals surface area contributed by atoms with Gasteiger partial charge in [0.15, 0.2) is 0 Å². The van der Waals surface area contributed by atoms with Gasteiger partial charge in [0.1, 0.15) is 17.0 Å². The lowest BCUT2D eigenvalue weighted by Crippen LogP contribution is -2.57. The lowest BCUT2D eigenvalue weighted by molar-refractivity contribution is 0.0495. The zero-order valence-corrected chi connectivity index (χ0v) is 23.5. The highest BCUT2D eigenvalue weighted by Gasteiger charge is 2.39. The number of H-pyrrole nitrogens is 1. The number of hydrogen-bond acceptors (Lipinski definition) is 9. The third kappa shape index (κ3) is 5.24. The van der Waals surface area contributed by atoms with Crippen molar-refractivity contribution >= 4 is 55.8 Å². The largest absolute Gasteiger partial charge is 0.436 e. The summed E-state index contributed by atoms with van der Waals surface area (Å²) in [6, 6.07) is 6.56. The molecule has 3 atom stereocenters. The first-order valence-corrected chi connectivity index (χ1v) is 14.9. The second kappa shape index (κ2) is 10.3. The van der Waals surface area contributed by atoms with E-state index in [1.165, 1.54) is 4.31 Å². The molecule has 0 bridgehead atoms. The number of halogens is 1. The van der Waals surface area contributed by atoms with Gasteiger partial charge in [-0.3, -0.25) is 4.79 Å². The lowest BCUT2D eigenvalue weighted by atomic mass is 10.1. The summed E-state index contributed by atoms with van der Waals surface area (Å²) in [6.07, 6.45) is 1.45. The molecule has 3 unspecified atom stereocenters. The molecule has 0 aliphatic carbocycles. The predicted molar refractivity (Wildman–Crippen MR) is 146 cm³/mol. The maximum absolute atomic E-state index is 13.7. The molecular formula is C24H28ClN7O5S2. The number of oxazole rings is 1. The van der Waals surface area contributed by atoms with Crippen LogP contribution < -0.4 is 16.1 Å². The van der Waals surface area contributed by atoms with E-state index in [-0.39, 0.29) is 53.8 Å². The Morgan fingerprint density at radius 2 is 2.10 bits per heavy atom. The van der Waals surface area contributed by atoms with Crippen LogP contribution in [-0.4, -0.2) is 76.6 Å². The molecule has 3 aromatic rings. The van der Waals surface area contributed by atoms with Crippen LogP contribution in [0.4, 0.5) is 0 Å². The fourth-order valence-corrected chi connectivity index (χ4v) is 7.11. The van der Waals surface area contributed by atoms with E-state index < -0.39 is 16.1 Å². The van der Waals surface area contributed by atoms with E-state index in [4.69, 9.17) is 33.1 Å². The Morgan fingerprint density at radius 1 is 1.26 bits per heavy atom. The number of nitrogens with one attached hydrogen (secondary N) is 4. The molecule has 39 heavy (non-hydrogen) atoms. The van der Waals surface area contributed by atoms with Gasteiger partial charge < -0.3 is 29.8 Å². The smallest absolute Gasteiger partial charge is 0.310 e. The number of fused-ring (bicyclic) bond motifs is 2. The number of rotatable bonds is 6. The van der Waals surface area contributed by atoms with Crippen molar-refractivity contribution < 1.29 is 22.5 Å². The van der Waals surface area contributed by atoms with Gasteiger partial charge in [0.05, 0.1) is 12.2 Å². The van der Waals surface area contributed by atoms with Crippen LogP contribution in [0.5, 0.6) is 0 Å². The molecule has 0 saturated carbocycles. The van der Waals surface area contributed by atoms with Gasteiger partial charge in [0.25, 0.3) is 21.1 Å². The number of carbonyl (C=O) groups is 1. The van der Waals surface area contributed by atoms with Crippen LogP contribution in [-0.2, 0) is 27.8 Å². The van der Waals surface area contributed by atoms with Crippen molar-refractivity contribution in [2.75, 3.05) is 19.6 Å². The summed E-state index contributed by atoms with van der Waals surface area (Å²) in [5.74, 6) is 0.350. The quantitative estimate of drug-likeness (QED) is 0.313. The molecule has 2 fully saturated rings. The zero-order chi connectivity index (χ0) is 27.3. The summed E-state index contributed by atoms with van der Waals surface area (Å²) in [5, 5.41) is 7.86. The van der Waals surface area contributed by atoms with Gasteiger partial charge >= 0.3 is 5.91 Å². The van der Waals surface area contributed by atoms with Crippen molar-refractivity contribution in [2.45, 2.75) is 56.0 Å². The summed E-state index contributed by atoms with van der Waals surface area (Å²) in [5.41, 5.74) is 4.26. The van der Waals surface area contributed by atoms with Crippen molar-refractivity contribution in [3.63, 3.8) is 0 Å².